The minimum absolute atomic E-state index is 0. The third-order valence-corrected chi connectivity index (χ3v) is 4.11. The van der Waals surface area contributed by atoms with E-state index in [-0.39, 0.29) is 24.8 Å². The van der Waals surface area contributed by atoms with Gasteiger partial charge < -0.3 is 5.73 Å². The fourth-order valence-electron chi connectivity index (χ4n) is 2.23. The maximum atomic E-state index is 5.69. The second-order valence-electron chi connectivity index (χ2n) is 4.61. The summed E-state index contributed by atoms with van der Waals surface area (Å²) in [6.07, 6.45) is 3.56. The molecule has 1 fully saturated rings. The molecular formula is C12H23Cl2N3S. The summed E-state index contributed by atoms with van der Waals surface area (Å²) < 4.78 is 0. The molecular weight excluding hydrogens is 289 g/mol. The third kappa shape index (κ3) is 5.02. The molecule has 0 saturated carbocycles. The highest BCUT2D eigenvalue weighted by molar-refractivity contribution is 7.09. The number of thiazole rings is 1. The van der Waals surface area contributed by atoms with Gasteiger partial charge in [-0.1, -0.05) is 6.92 Å². The van der Waals surface area contributed by atoms with Gasteiger partial charge >= 0.3 is 0 Å². The summed E-state index contributed by atoms with van der Waals surface area (Å²) in [7, 11) is 0. The molecule has 0 aromatic carbocycles. The lowest BCUT2D eigenvalue weighted by Crippen LogP contribution is -2.22. The first kappa shape index (κ1) is 18.1. The molecule has 0 radical (unpaired) electrons. The van der Waals surface area contributed by atoms with Crippen LogP contribution in [-0.4, -0.2) is 29.5 Å². The van der Waals surface area contributed by atoms with E-state index < -0.39 is 0 Å². The molecule has 1 aliphatic rings. The average molecular weight is 312 g/mol. The van der Waals surface area contributed by atoms with Crippen LogP contribution in [0.3, 0.4) is 0 Å². The molecule has 106 valence electrons. The average Bonchev–Trinajstić information content (AvgIpc) is 2.89. The van der Waals surface area contributed by atoms with Gasteiger partial charge in [0, 0.05) is 18.5 Å². The highest BCUT2D eigenvalue weighted by atomic mass is 35.5. The van der Waals surface area contributed by atoms with Gasteiger partial charge in [0.15, 0.2) is 0 Å². The summed E-state index contributed by atoms with van der Waals surface area (Å²) in [5, 5.41) is 3.49. The van der Waals surface area contributed by atoms with Crippen molar-refractivity contribution >= 4 is 36.2 Å². The van der Waals surface area contributed by atoms with Gasteiger partial charge in [0.05, 0.1) is 10.7 Å². The lowest BCUT2D eigenvalue weighted by atomic mass is 10.1. The van der Waals surface area contributed by atoms with Crippen molar-refractivity contribution in [2.24, 2.45) is 11.7 Å². The Morgan fingerprint density at radius 3 is 2.89 bits per heavy atom. The van der Waals surface area contributed by atoms with Crippen LogP contribution in [0.25, 0.3) is 0 Å². The normalized spacial score (nSPS) is 19.3. The first-order valence-electron chi connectivity index (χ1n) is 6.17. The van der Waals surface area contributed by atoms with E-state index in [1.54, 1.807) is 11.3 Å². The minimum atomic E-state index is 0. The van der Waals surface area contributed by atoms with Crippen molar-refractivity contribution in [1.82, 2.24) is 9.88 Å². The van der Waals surface area contributed by atoms with Gasteiger partial charge in [0.2, 0.25) is 0 Å². The Bertz CT molecular complexity index is 333. The molecule has 1 unspecified atom stereocenters. The van der Waals surface area contributed by atoms with E-state index in [2.05, 4.69) is 22.2 Å². The molecule has 2 rings (SSSR count). The number of likely N-dealkylation sites (tertiary alicyclic amines) is 1. The molecule has 3 nitrogen and oxygen atoms in total. The molecule has 18 heavy (non-hydrogen) atoms. The van der Waals surface area contributed by atoms with Crippen molar-refractivity contribution in [3.05, 3.63) is 16.1 Å². The van der Waals surface area contributed by atoms with Crippen LogP contribution in [0.2, 0.25) is 0 Å². The topological polar surface area (TPSA) is 42.2 Å². The number of nitrogens with two attached hydrogens (primary N) is 1. The highest BCUT2D eigenvalue weighted by Gasteiger charge is 2.21. The van der Waals surface area contributed by atoms with Crippen LogP contribution in [0, 0.1) is 5.92 Å². The molecule has 1 aromatic rings. The lowest BCUT2D eigenvalue weighted by molar-refractivity contribution is 0.314. The Balaban J connectivity index is 0.00000144. The number of hydrogen-bond acceptors (Lipinski definition) is 4. The van der Waals surface area contributed by atoms with E-state index in [0.29, 0.717) is 5.92 Å². The maximum absolute atomic E-state index is 5.69. The van der Waals surface area contributed by atoms with Crippen LogP contribution in [0.1, 0.15) is 30.5 Å². The second-order valence-corrected chi connectivity index (χ2v) is 5.55. The quantitative estimate of drug-likeness (QED) is 0.909. The van der Waals surface area contributed by atoms with E-state index in [0.717, 1.165) is 26.1 Å². The summed E-state index contributed by atoms with van der Waals surface area (Å²) in [5.41, 5.74) is 6.93. The smallest absolute Gasteiger partial charge is 0.0928 e. The van der Waals surface area contributed by atoms with E-state index in [9.17, 15) is 0 Å². The molecule has 6 heteroatoms. The molecule has 0 bridgehead atoms. The lowest BCUT2D eigenvalue weighted by Gasteiger charge is -2.13. The van der Waals surface area contributed by atoms with Crippen molar-refractivity contribution in [3.63, 3.8) is 0 Å². The molecule has 0 aliphatic carbocycles. The van der Waals surface area contributed by atoms with Crippen LogP contribution in [0.5, 0.6) is 0 Å². The van der Waals surface area contributed by atoms with Gasteiger partial charge in [-0.2, -0.15) is 0 Å². The summed E-state index contributed by atoms with van der Waals surface area (Å²) in [6.45, 7) is 6.37. The zero-order chi connectivity index (χ0) is 11.4. The first-order chi connectivity index (χ1) is 7.81. The van der Waals surface area contributed by atoms with Crippen molar-refractivity contribution < 1.29 is 0 Å². The number of halogens is 2. The number of aryl methyl sites for hydroxylation is 1. The first-order valence-corrected chi connectivity index (χ1v) is 7.05. The molecule has 0 spiro atoms. The summed E-state index contributed by atoms with van der Waals surface area (Å²) >= 11 is 1.80. The largest absolute Gasteiger partial charge is 0.330 e. The fraction of sp³-hybridized carbons (Fsp3) is 0.750. The molecule has 2 N–H and O–H groups in total. The van der Waals surface area contributed by atoms with Gasteiger partial charge in [-0.15, -0.1) is 36.2 Å². The molecule has 1 saturated heterocycles. The Labute approximate surface area is 126 Å². The summed E-state index contributed by atoms with van der Waals surface area (Å²) in [6, 6.07) is 0. The Kier molecular flexibility index (Phi) is 9.17. The molecule has 1 aromatic heterocycles. The molecule has 2 heterocycles. The van der Waals surface area contributed by atoms with E-state index in [4.69, 9.17) is 5.73 Å². The van der Waals surface area contributed by atoms with Crippen LogP contribution in [0.4, 0.5) is 0 Å². The SMILES string of the molecule is CCCc1nc(CN2CCC(CN)C2)cs1.Cl.Cl. The Morgan fingerprint density at radius 1 is 1.50 bits per heavy atom. The zero-order valence-corrected chi connectivity index (χ0v) is 13.3. The number of hydrogen-bond donors (Lipinski definition) is 1. The van der Waals surface area contributed by atoms with E-state index >= 15 is 0 Å². The Hall–Kier alpha value is 0.130. The maximum Gasteiger partial charge on any atom is 0.0928 e. The third-order valence-electron chi connectivity index (χ3n) is 3.15. The standard InChI is InChI=1S/C12H21N3S.2ClH/c1-2-3-12-14-11(9-16-12)8-15-5-4-10(6-13)7-15;;/h9-10H,2-8,13H2,1H3;2*1H. The van der Waals surface area contributed by atoms with Gasteiger partial charge in [-0.3, -0.25) is 4.90 Å². The zero-order valence-electron chi connectivity index (χ0n) is 10.8. The van der Waals surface area contributed by atoms with Crippen molar-refractivity contribution in [2.45, 2.75) is 32.7 Å². The van der Waals surface area contributed by atoms with E-state index in [1.165, 1.54) is 30.1 Å². The molecule has 1 atom stereocenters. The predicted molar refractivity (Wildman–Crippen MR) is 83.0 cm³/mol. The van der Waals surface area contributed by atoms with E-state index in [1.807, 2.05) is 0 Å². The summed E-state index contributed by atoms with van der Waals surface area (Å²) in [4.78, 5) is 7.13. The van der Waals surface area contributed by atoms with Crippen molar-refractivity contribution in [2.75, 3.05) is 19.6 Å². The molecule has 1 aliphatic heterocycles. The summed E-state index contributed by atoms with van der Waals surface area (Å²) in [5.74, 6) is 0.703. The van der Waals surface area contributed by atoms with Crippen LogP contribution in [-0.2, 0) is 13.0 Å². The number of aromatic nitrogens is 1. The fourth-order valence-corrected chi connectivity index (χ4v) is 3.12. The van der Waals surface area contributed by atoms with Crippen molar-refractivity contribution in [1.29, 1.82) is 0 Å². The van der Waals surface area contributed by atoms with Gasteiger partial charge in [-0.05, 0) is 38.3 Å². The van der Waals surface area contributed by atoms with Crippen LogP contribution >= 0.6 is 36.2 Å². The van der Waals surface area contributed by atoms with Crippen LogP contribution < -0.4 is 5.73 Å². The monoisotopic (exact) mass is 311 g/mol. The van der Waals surface area contributed by atoms with Crippen LogP contribution in [0.15, 0.2) is 5.38 Å². The molecule has 0 amide bonds. The second kappa shape index (κ2) is 9.10. The highest BCUT2D eigenvalue weighted by Crippen LogP contribution is 2.19. The number of nitrogens with zero attached hydrogens (tertiary/aromatic N) is 2. The Morgan fingerprint density at radius 2 is 2.28 bits per heavy atom. The minimum Gasteiger partial charge on any atom is -0.330 e. The number of rotatable bonds is 5. The van der Waals surface area contributed by atoms with Crippen molar-refractivity contribution in [3.8, 4) is 0 Å². The predicted octanol–water partition coefficient (Wildman–Crippen LogP) is 2.72. The van der Waals surface area contributed by atoms with Gasteiger partial charge in [0.1, 0.15) is 0 Å². The van der Waals surface area contributed by atoms with Gasteiger partial charge in [-0.25, -0.2) is 4.98 Å². The van der Waals surface area contributed by atoms with Gasteiger partial charge in [0.25, 0.3) is 0 Å².